The Morgan fingerprint density at radius 2 is 1.94 bits per heavy atom. The van der Waals surface area contributed by atoms with E-state index in [2.05, 4.69) is 21.7 Å². The zero-order valence-electron chi connectivity index (χ0n) is 19.2. The monoisotopic (exact) mass is 482 g/mol. The fourth-order valence-electron chi connectivity index (χ4n) is 4.15. The van der Waals surface area contributed by atoms with Gasteiger partial charge in [0.05, 0.1) is 22.9 Å². The van der Waals surface area contributed by atoms with Gasteiger partial charge in [-0.1, -0.05) is 24.3 Å². The standard InChI is InChI=1S/C27H22N4O5/c28-14-18-4-3-5-19(12-18)15-34-26(32)24-20(9-7-17-8-10-22-23(13-17)36-16-35-22)30-27(33)31-25(24)21-6-1-2-11-29-21/h1-6,8,10-13,25H,7,9,15-16H2,(H2,30,31,33). The number of aromatic nitrogens is 1. The molecule has 2 amide bonds. The van der Waals surface area contributed by atoms with E-state index >= 15 is 0 Å². The lowest BCUT2D eigenvalue weighted by Crippen LogP contribution is -2.46. The van der Waals surface area contributed by atoms with E-state index in [1.807, 2.05) is 18.2 Å². The summed E-state index contributed by atoms with van der Waals surface area (Å²) in [7, 11) is 0. The fraction of sp³-hybridized carbons (Fsp3) is 0.185. The molecule has 3 aromatic rings. The quantitative estimate of drug-likeness (QED) is 0.493. The average molecular weight is 482 g/mol. The third-order valence-corrected chi connectivity index (χ3v) is 5.88. The van der Waals surface area contributed by atoms with Crippen molar-refractivity contribution in [1.82, 2.24) is 15.6 Å². The molecule has 0 aliphatic carbocycles. The van der Waals surface area contributed by atoms with Crippen molar-refractivity contribution < 1.29 is 23.8 Å². The molecule has 0 saturated carbocycles. The number of urea groups is 1. The number of hydrogen-bond acceptors (Lipinski definition) is 7. The topological polar surface area (TPSA) is 123 Å². The smallest absolute Gasteiger partial charge is 0.338 e. The van der Waals surface area contributed by atoms with Crippen LogP contribution >= 0.6 is 0 Å². The van der Waals surface area contributed by atoms with Gasteiger partial charge in [0.25, 0.3) is 0 Å². The number of nitrogens with one attached hydrogen (secondary N) is 2. The van der Waals surface area contributed by atoms with Gasteiger partial charge in [-0.2, -0.15) is 5.26 Å². The maximum atomic E-state index is 13.4. The fourth-order valence-corrected chi connectivity index (χ4v) is 4.15. The van der Waals surface area contributed by atoms with Crippen molar-refractivity contribution in [1.29, 1.82) is 5.26 Å². The van der Waals surface area contributed by atoms with Crippen LogP contribution in [0.4, 0.5) is 4.79 Å². The summed E-state index contributed by atoms with van der Waals surface area (Å²) in [6.45, 7) is 0.168. The summed E-state index contributed by atoms with van der Waals surface area (Å²) >= 11 is 0. The number of ether oxygens (including phenoxy) is 3. The van der Waals surface area contributed by atoms with Crippen LogP contribution in [0.15, 0.2) is 78.1 Å². The van der Waals surface area contributed by atoms with Gasteiger partial charge in [0.15, 0.2) is 11.5 Å². The van der Waals surface area contributed by atoms with Crippen LogP contribution < -0.4 is 20.1 Å². The van der Waals surface area contributed by atoms with Crippen LogP contribution in [0.25, 0.3) is 0 Å². The van der Waals surface area contributed by atoms with E-state index in [4.69, 9.17) is 19.5 Å². The Balaban J connectivity index is 1.42. The minimum Gasteiger partial charge on any atom is -0.457 e. The normalized spacial score (nSPS) is 16.1. The minimum absolute atomic E-state index is 0.0177. The van der Waals surface area contributed by atoms with Gasteiger partial charge in [0, 0.05) is 11.9 Å². The van der Waals surface area contributed by atoms with E-state index in [0.29, 0.717) is 46.9 Å². The number of rotatable bonds is 7. The van der Waals surface area contributed by atoms with Crippen LogP contribution in [0.2, 0.25) is 0 Å². The first-order chi connectivity index (χ1) is 17.6. The highest BCUT2D eigenvalue weighted by molar-refractivity contribution is 5.95. The molecule has 180 valence electrons. The molecule has 0 spiro atoms. The molecule has 1 unspecified atom stereocenters. The predicted molar refractivity (Wildman–Crippen MR) is 128 cm³/mol. The van der Waals surface area contributed by atoms with E-state index in [9.17, 15) is 9.59 Å². The zero-order valence-corrected chi connectivity index (χ0v) is 19.2. The summed E-state index contributed by atoms with van der Waals surface area (Å²) in [6, 6.07) is 18.7. The van der Waals surface area contributed by atoms with Gasteiger partial charge in [-0.25, -0.2) is 9.59 Å². The second kappa shape index (κ2) is 10.2. The number of benzene rings is 2. The molecule has 0 fully saturated rings. The first kappa shape index (κ1) is 22.9. The lowest BCUT2D eigenvalue weighted by Gasteiger charge is -2.29. The number of nitriles is 1. The van der Waals surface area contributed by atoms with Crippen LogP contribution in [0.1, 0.15) is 34.8 Å². The van der Waals surface area contributed by atoms with Crippen molar-refractivity contribution in [3.8, 4) is 17.6 Å². The second-order valence-corrected chi connectivity index (χ2v) is 8.25. The maximum absolute atomic E-state index is 13.4. The molecule has 9 heteroatoms. The Morgan fingerprint density at radius 3 is 2.78 bits per heavy atom. The van der Waals surface area contributed by atoms with Crippen molar-refractivity contribution in [2.75, 3.05) is 6.79 Å². The van der Waals surface area contributed by atoms with Crippen molar-refractivity contribution in [2.45, 2.75) is 25.5 Å². The summed E-state index contributed by atoms with van der Waals surface area (Å²) < 4.78 is 16.5. The van der Waals surface area contributed by atoms with Gasteiger partial charge < -0.3 is 24.8 Å². The number of nitrogens with zero attached hydrogens (tertiary/aromatic N) is 2. The number of amides is 2. The van der Waals surface area contributed by atoms with Crippen LogP contribution in [-0.4, -0.2) is 23.8 Å². The number of hydrogen-bond donors (Lipinski definition) is 2. The van der Waals surface area contributed by atoms with Gasteiger partial charge >= 0.3 is 12.0 Å². The highest BCUT2D eigenvalue weighted by Crippen LogP contribution is 2.34. The number of carbonyl (C=O) groups excluding carboxylic acids is 2. The maximum Gasteiger partial charge on any atom is 0.338 e. The predicted octanol–water partition coefficient (Wildman–Crippen LogP) is 3.67. The first-order valence-corrected chi connectivity index (χ1v) is 11.4. The highest BCUT2D eigenvalue weighted by atomic mass is 16.7. The van der Waals surface area contributed by atoms with E-state index < -0.39 is 18.0 Å². The molecule has 36 heavy (non-hydrogen) atoms. The van der Waals surface area contributed by atoms with Gasteiger partial charge in [-0.3, -0.25) is 4.98 Å². The number of fused-ring (bicyclic) bond motifs is 1. The van der Waals surface area contributed by atoms with E-state index in [-0.39, 0.29) is 19.0 Å². The molecule has 0 radical (unpaired) electrons. The largest absolute Gasteiger partial charge is 0.457 e. The first-order valence-electron chi connectivity index (χ1n) is 11.4. The van der Waals surface area contributed by atoms with Crippen LogP contribution in [-0.2, 0) is 22.6 Å². The van der Waals surface area contributed by atoms with E-state index in [1.54, 1.807) is 48.7 Å². The third kappa shape index (κ3) is 4.98. The van der Waals surface area contributed by atoms with Gasteiger partial charge in [-0.15, -0.1) is 0 Å². The Morgan fingerprint density at radius 1 is 1.06 bits per heavy atom. The summed E-state index contributed by atoms with van der Waals surface area (Å²) in [4.78, 5) is 30.3. The number of esters is 1. The van der Waals surface area contributed by atoms with Crippen molar-refractivity contribution in [2.24, 2.45) is 0 Å². The molecular weight excluding hydrogens is 460 g/mol. The molecule has 2 aliphatic rings. The molecular formula is C27H22N4O5. The zero-order chi connectivity index (χ0) is 24.9. The van der Waals surface area contributed by atoms with Crippen molar-refractivity contribution in [3.63, 3.8) is 0 Å². The molecule has 2 N–H and O–H groups in total. The lowest BCUT2D eigenvalue weighted by molar-refractivity contribution is -0.140. The van der Waals surface area contributed by atoms with Crippen molar-refractivity contribution in [3.05, 3.63) is 101 Å². The Labute approximate surface area is 207 Å². The average Bonchev–Trinajstić information content (AvgIpc) is 3.39. The molecule has 1 aromatic heterocycles. The van der Waals surface area contributed by atoms with E-state index in [1.165, 1.54) is 0 Å². The lowest BCUT2D eigenvalue weighted by atomic mass is 9.95. The summed E-state index contributed by atoms with van der Waals surface area (Å²) in [5, 5.41) is 14.7. The molecule has 0 bridgehead atoms. The summed E-state index contributed by atoms with van der Waals surface area (Å²) in [6.07, 6.45) is 2.53. The molecule has 2 aliphatic heterocycles. The summed E-state index contributed by atoms with van der Waals surface area (Å²) in [5.41, 5.74) is 3.40. The van der Waals surface area contributed by atoms with Crippen LogP contribution in [0.3, 0.4) is 0 Å². The Bertz CT molecular complexity index is 1380. The van der Waals surface area contributed by atoms with Crippen LogP contribution in [0.5, 0.6) is 11.5 Å². The molecule has 5 rings (SSSR count). The highest BCUT2D eigenvalue weighted by Gasteiger charge is 2.34. The minimum atomic E-state index is -0.773. The molecule has 3 heterocycles. The number of carbonyl (C=O) groups is 2. The molecule has 2 aromatic carbocycles. The Kier molecular flexibility index (Phi) is 6.49. The van der Waals surface area contributed by atoms with Gasteiger partial charge in [0.1, 0.15) is 12.6 Å². The Hall–Kier alpha value is -4.84. The molecule has 1 atom stereocenters. The third-order valence-electron chi connectivity index (χ3n) is 5.88. The van der Waals surface area contributed by atoms with E-state index in [0.717, 1.165) is 5.56 Å². The second-order valence-electron chi connectivity index (χ2n) is 8.25. The van der Waals surface area contributed by atoms with Gasteiger partial charge in [0.2, 0.25) is 6.79 Å². The number of aryl methyl sites for hydroxylation is 1. The molecule has 0 saturated heterocycles. The molecule has 9 nitrogen and oxygen atoms in total. The summed E-state index contributed by atoms with van der Waals surface area (Å²) in [5.74, 6) is 0.774. The van der Waals surface area contributed by atoms with Crippen molar-refractivity contribution >= 4 is 12.0 Å². The SMILES string of the molecule is N#Cc1cccc(COC(=O)C2=C(CCc3ccc4c(c3)OCO4)NC(=O)NC2c2ccccn2)c1. The number of pyridine rings is 1. The van der Waals surface area contributed by atoms with Crippen LogP contribution in [0, 0.1) is 11.3 Å². The number of allylic oxidation sites excluding steroid dienone is 1. The van der Waals surface area contributed by atoms with Gasteiger partial charge in [-0.05, 0) is 60.4 Å².